The molecule has 3 nitrogen and oxygen atoms in total. The number of hydrogen-bond donors (Lipinski definition) is 1. The van der Waals surface area contributed by atoms with Crippen LogP contribution in [0.25, 0.3) is 0 Å². The van der Waals surface area contributed by atoms with Gasteiger partial charge in [0.2, 0.25) is 0 Å². The van der Waals surface area contributed by atoms with Crippen molar-refractivity contribution < 1.29 is 8.42 Å². The minimum absolute atomic E-state index is 0.298. The van der Waals surface area contributed by atoms with E-state index in [0.29, 0.717) is 16.9 Å². The fourth-order valence-corrected chi connectivity index (χ4v) is 6.12. The van der Waals surface area contributed by atoms with E-state index in [0.717, 1.165) is 37.3 Å². The molecule has 0 aromatic carbocycles. The summed E-state index contributed by atoms with van der Waals surface area (Å²) in [5.41, 5.74) is 0.298. The molecule has 1 N–H and O–H groups in total. The minimum Gasteiger partial charge on any atom is -0.313 e. The van der Waals surface area contributed by atoms with Gasteiger partial charge in [-0.15, -0.1) is 0 Å². The Bertz CT molecular complexity index is 443. The molecule has 20 heavy (non-hydrogen) atoms. The van der Waals surface area contributed by atoms with E-state index in [1.165, 1.54) is 38.5 Å². The Balaban J connectivity index is 1.63. The van der Waals surface area contributed by atoms with Crippen LogP contribution in [-0.4, -0.2) is 32.5 Å². The highest BCUT2D eigenvalue weighted by Gasteiger charge is 2.50. The van der Waals surface area contributed by atoms with Gasteiger partial charge in [-0.1, -0.05) is 13.3 Å². The highest BCUT2D eigenvalue weighted by molar-refractivity contribution is 7.91. The van der Waals surface area contributed by atoms with Crippen molar-refractivity contribution in [1.82, 2.24) is 5.32 Å². The van der Waals surface area contributed by atoms with Crippen LogP contribution in [0.15, 0.2) is 0 Å². The molecule has 0 aliphatic heterocycles. The minimum atomic E-state index is -2.82. The number of hydrogen-bond acceptors (Lipinski definition) is 3. The Kier molecular flexibility index (Phi) is 4.15. The van der Waals surface area contributed by atoms with Crippen molar-refractivity contribution in [2.75, 3.05) is 18.1 Å². The van der Waals surface area contributed by atoms with E-state index in [9.17, 15) is 8.42 Å². The van der Waals surface area contributed by atoms with Gasteiger partial charge in [0.05, 0.1) is 5.75 Å². The second kappa shape index (κ2) is 5.60. The van der Waals surface area contributed by atoms with Crippen molar-refractivity contribution in [3.05, 3.63) is 0 Å². The molecular formula is C16H29NO2S. The summed E-state index contributed by atoms with van der Waals surface area (Å²) in [5, 5.41) is 3.70. The summed E-state index contributed by atoms with van der Waals surface area (Å²) in [6, 6.07) is 0.734. The van der Waals surface area contributed by atoms with E-state index in [1.807, 2.05) is 6.92 Å². The third-order valence-corrected chi connectivity index (χ3v) is 7.71. The molecule has 0 heterocycles. The molecule has 0 amide bonds. The molecule has 0 aromatic heterocycles. The van der Waals surface area contributed by atoms with Gasteiger partial charge in [-0.25, -0.2) is 8.42 Å². The summed E-state index contributed by atoms with van der Waals surface area (Å²) in [6.45, 7) is 3.03. The van der Waals surface area contributed by atoms with Crippen LogP contribution in [0.1, 0.15) is 58.3 Å². The summed E-state index contributed by atoms with van der Waals surface area (Å²) >= 11 is 0. The average Bonchev–Trinajstić information content (AvgIpc) is 3.03. The summed E-state index contributed by atoms with van der Waals surface area (Å²) in [6.07, 6.45) is 9.65. The first-order valence-corrected chi connectivity index (χ1v) is 10.3. The first-order valence-electron chi connectivity index (χ1n) is 8.47. The lowest BCUT2D eigenvalue weighted by molar-refractivity contribution is 0.150. The van der Waals surface area contributed by atoms with Crippen molar-refractivity contribution in [2.24, 2.45) is 17.3 Å². The molecule has 0 radical (unpaired) electrons. The van der Waals surface area contributed by atoms with Crippen LogP contribution in [0, 0.1) is 17.3 Å². The van der Waals surface area contributed by atoms with Crippen molar-refractivity contribution in [3.63, 3.8) is 0 Å². The zero-order valence-corrected chi connectivity index (χ0v) is 13.6. The summed E-state index contributed by atoms with van der Waals surface area (Å²) in [5.74, 6) is 2.45. The smallest absolute Gasteiger partial charge is 0.150 e. The highest BCUT2D eigenvalue weighted by Crippen LogP contribution is 2.57. The van der Waals surface area contributed by atoms with Crippen LogP contribution in [0.3, 0.4) is 0 Å². The Morgan fingerprint density at radius 3 is 2.50 bits per heavy atom. The molecule has 0 saturated heterocycles. The van der Waals surface area contributed by atoms with Gasteiger partial charge in [-0.2, -0.15) is 0 Å². The molecule has 3 fully saturated rings. The fourth-order valence-electron chi connectivity index (χ4n) is 4.58. The van der Waals surface area contributed by atoms with Crippen molar-refractivity contribution in [2.45, 2.75) is 64.3 Å². The third kappa shape index (κ3) is 3.22. The lowest BCUT2D eigenvalue weighted by Gasteiger charge is -2.38. The molecular weight excluding hydrogens is 270 g/mol. The summed E-state index contributed by atoms with van der Waals surface area (Å²) in [4.78, 5) is 0. The number of sulfone groups is 1. The number of nitrogens with one attached hydrogen (secondary N) is 1. The Labute approximate surface area is 123 Å². The SMILES string of the molecule is CCCS(=O)(=O)CCC1(CNC2CC2)CC2CCC1C2. The second-order valence-corrected chi connectivity index (χ2v) is 9.80. The molecule has 116 valence electrons. The molecule has 0 spiro atoms. The summed E-state index contributed by atoms with van der Waals surface area (Å²) < 4.78 is 24.1. The Morgan fingerprint density at radius 1 is 1.15 bits per heavy atom. The van der Waals surface area contributed by atoms with Crippen LogP contribution in [0.5, 0.6) is 0 Å². The lowest BCUT2D eigenvalue weighted by atomic mass is 9.71. The fraction of sp³-hybridized carbons (Fsp3) is 1.00. The molecule has 3 saturated carbocycles. The van der Waals surface area contributed by atoms with Gasteiger partial charge in [0, 0.05) is 18.3 Å². The van der Waals surface area contributed by atoms with E-state index in [4.69, 9.17) is 0 Å². The van der Waals surface area contributed by atoms with Gasteiger partial charge < -0.3 is 5.32 Å². The molecule has 3 aliphatic rings. The maximum absolute atomic E-state index is 12.1. The molecule has 3 atom stereocenters. The quantitative estimate of drug-likeness (QED) is 0.749. The predicted molar refractivity (Wildman–Crippen MR) is 82.5 cm³/mol. The van der Waals surface area contributed by atoms with Crippen LogP contribution in [0.2, 0.25) is 0 Å². The van der Waals surface area contributed by atoms with E-state index in [-0.39, 0.29) is 0 Å². The van der Waals surface area contributed by atoms with Gasteiger partial charge in [0.25, 0.3) is 0 Å². The van der Waals surface area contributed by atoms with Gasteiger partial charge in [0.1, 0.15) is 9.84 Å². The van der Waals surface area contributed by atoms with Gasteiger partial charge in [-0.3, -0.25) is 0 Å². The Hall–Kier alpha value is -0.0900. The molecule has 3 aliphatic carbocycles. The normalized spacial score (nSPS) is 36.6. The molecule has 3 unspecified atom stereocenters. The second-order valence-electron chi connectivity index (χ2n) is 7.50. The van der Waals surface area contributed by atoms with E-state index < -0.39 is 9.84 Å². The number of fused-ring (bicyclic) bond motifs is 2. The maximum atomic E-state index is 12.1. The molecule has 2 bridgehead atoms. The average molecular weight is 299 g/mol. The van der Waals surface area contributed by atoms with E-state index in [1.54, 1.807) is 0 Å². The van der Waals surface area contributed by atoms with Gasteiger partial charge in [0.15, 0.2) is 0 Å². The summed E-state index contributed by atoms with van der Waals surface area (Å²) in [7, 11) is -2.82. The number of rotatable bonds is 8. The topological polar surface area (TPSA) is 46.2 Å². The maximum Gasteiger partial charge on any atom is 0.150 e. The zero-order valence-electron chi connectivity index (χ0n) is 12.7. The standard InChI is InChI=1S/C16H29NO2S/c1-2-8-20(18,19)9-7-16(12-17-15-5-6-15)11-13-3-4-14(16)10-13/h13-15,17H,2-12H2,1H3. The third-order valence-electron chi connectivity index (χ3n) is 5.85. The molecule has 3 rings (SSSR count). The van der Waals surface area contributed by atoms with E-state index in [2.05, 4.69) is 5.32 Å². The monoisotopic (exact) mass is 299 g/mol. The van der Waals surface area contributed by atoms with Crippen LogP contribution >= 0.6 is 0 Å². The van der Waals surface area contributed by atoms with Crippen molar-refractivity contribution in [1.29, 1.82) is 0 Å². The van der Waals surface area contributed by atoms with Crippen LogP contribution in [-0.2, 0) is 9.84 Å². The van der Waals surface area contributed by atoms with Crippen molar-refractivity contribution >= 4 is 9.84 Å². The van der Waals surface area contributed by atoms with E-state index >= 15 is 0 Å². The molecule has 0 aromatic rings. The highest BCUT2D eigenvalue weighted by atomic mass is 32.2. The predicted octanol–water partition coefficient (Wildman–Crippen LogP) is 2.76. The first kappa shape index (κ1) is 14.8. The lowest BCUT2D eigenvalue weighted by Crippen LogP contribution is -2.41. The van der Waals surface area contributed by atoms with Gasteiger partial charge >= 0.3 is 0 Å². The Morgan fingerprint density at radius 2 is 1.95 bits per heavy atom. The van der Waals surface area contributed by atoms with Crippen molar-refractivity contribution in [3.8, 4) is 0 Å². The first-order chi connectivity index (χ1) is 9.53. The van der Waals surface area contributed by atoms with Gasteiger partial charge in [-0.05, 0) is 62.2 Å². The molecule has 4 heteroatoms. The van der Waals surface area contributed by atoms with Crippen LogP contribution < -0.4 is 5.32 Å². The largest absolute Gasteiger partial charge is 0.313 e. The van der Waals surface area contributed by atoms with Crippen LogP contribution in [0.4, 0.5) is 0 Å². The zero-order chi connectivity index (χ0) is 14.2.